The van der Waals surface area contributed by atoms with Gasteiger partial charge in [-0.05, 0) is 49.7 Å². The first kappa shape index (κ1) is 25.8. The summed E-state index contributed by atoms with van der Waals surface area (Å²) in [5, 5.41) is 3.04. The van der Waals surface area contributed by atoms with Gasteiger partial charge in [0.2, 0.25) is 0 Å². The molecule has 0 bridgehead atoms. The summed E-state index contributed by atoms with van der Waals surface area (Å²) in [4.78, 5) is 32.1. The Kier molecular flexibility index (Phi) is 7.16. The lowest BCUT2D eigenvalue weighted by atomic mass is 9.92. The Balaban J connectivity index is 1.76. The van der Waals surface area contributed by atoms with Crippen molar-refractivity contribution in [2.45, 2.75) is 12.0 Å². The fourth-order valence-electron chi connectivity index (χ4n) is 4.08. The van der Waals surface area contributed by atoms with Crippen molar-refractivity contribution in [1.82, 2.24) is 10.3 Å². The molecular weight excluding hydrogens is 511 g/mol. The molecular formula is C25H23ClF2N3O4P. The normalized spacial score (nSPS) is 17.8. The lowest BCUT2D eigenvalue weighted by Gasteiger charge is -2.20. The molecule has 0 radical (unpaired) electrons. The van der Waals surface area contributed by atoms with Gasteiger partial charge >= 0.3 is 0 Å². The standard InChI is InChI=1S/C25H23ClF2N3O4P/c1-35-16-11-18(27)22(19(28)12-16)17-13-31(20-5-4-6-21(29-20)36(2,3)34)25(33)23(17)30-24(32)14-7-9-15(26)10-8-14/h4-12,17,23H,13H2,1-3H3,(H,30,32)/t17-,23-/m0/s1. The number of nitrogens with one attached hydrogen (secondary N) is 1. The number of rotatable bonds is 6. The maximum Gasteiger partial charge on any atom is 0.251 e. The summed E-state index contributed by atoms with van der Waals surface area (Å²) in [6.45, 7) is 2.93. The van der Waals surface area contributed by atoms with Crippen molar-refractivity contribution in [3.05, 3.63) is 82.4 Å². The number of hydrogen-bond donors (Lipinski definition) is 1. The monoisotopic (exact) mass is 533 g/mol. The third-order valence-corrected chi connectivity index (χ3v) is 7.52. The molecule has 2 atom stereocenters. The molecule has 0 unspecified atom stereocenters. The summed E-state index contributed by atoms with van der Waals surface area (Å²) >= 11 is 5.89. The lowest BCUT2D eigenvalue weighted by molar-refractivity contribution is -0.118. The first-order valence-corrected chi connectivity index (χ1v) is 13.9. The number of nitrogens with zero attached hydrogens (tertiary/aromatic N) is 2. The topological polar surface area (TPSA) is 88.6 Å². The van der Waals surface area contributed by atoms with Crippen molar-refractivity contribution < 1.29 is 27.7 Å². The Morgan fingerprint density at radius 2 is 1.78 bits per heavy atom. The van der Waals surface area contributed by atoms with Gasteiger partial charge in [0.15, 0.2) is 0 Å². The van der Waals surface area contributed by atoms with Crippen LogP contribution in [0.2, 0.25) is 5.02 Å². The molecule has 2 heterocycles. The van der Waals surface area contributed by atoms with E-state index in [0.29, 0.717) is 10.5 Å². The summed E-state index contributed by atoms with van der Waals surface area (Å²) < 4.78 is 47.6. The van der Waals surface area contributed by atoms with E-state index in [0.717, 1.165) is 12.1 Å². The smallest absolute Gasteiger partial charge is 0.251 e. The van der Waals surface area contributed by atoms with E-state index in [4.69, 9.17) is 16.3 Å². The number of ether oxygens (including phenoxy) is 1. The number of amides is 2. The number of carbonyl (C=O) groups is 2. The minimum atomic E-state index is -2.75. The fraction of sp³-hybridized carbons (Fsp3) is 0.240. The molecule has 11 heteroatoms. The van der Waals surface area contributed by atoms with Gasteiger partial charge in [-0.1, -0.05) is 17.7 Å². The molecule has 1 saturated heterocycles. The van der Waals surface area contributed by atoms with Gasteiger partial charge < -0.3 is 14.6 Å². The SMILES string of the molecule is COc1cc(F)c([C@@H]2CN(c3cccc(P(C)(C)=O)n3)C(=O)[C@H]2NC(=O)c2ccc(Cl)cc2)c(F)c1. The molecule has 7 nitrogen and oxygen atoms in total. The van der Waals surface area contributed by atoms with E-state index >= 15 is 8.78 Å². The van der Waals surface area contributed by atoms with Crippen LogP contribution >= 0.6 is 18.7 Å². The summed E-state index contributed by atoms with van der Waals surface area (Å²) in [5.74, 6) is -3.98. The highest BCUT2D eigenvalue weighted by Gasteiger charge is 2.45. The van der Waals surface area contributed by atoms with Gasteiger partial charge in [0.05, 0.1) is 7.11 Å². The molecule has 0 aliphatic carbocycles. The molecule has 2 amide bonds. The van der Waals surface area contributed by atoms with Crippen molar-refractivity contribution in [2.24, 2.45) is 0 Å². The largest absolute Gasteiger partial charge is 0.497 e. The molecule has 36 heavy (non-hydrogen) atoms. The van der Waals surface area contributed by atoms with Crippen molar-refractivity contribution in [2.75, 3.05) is 31.9 Å². The minimum absolute atomic E-state index is 0.0207. The van der Waals surface area contributed by atoms with Crippen LogP contribution in [0.1, 0.15) is 21.8 Å². The average Bonchev–Trinajstić information content (AvgIpc) is 3.14. The van der Waals surface area contributed by atoms with Gasteiger partial charge in [-0.2, -0.15) is 0 Å². The van der Waals surface area contributed by atoms with Gasteiger partial charge in [0.25, 0.3) is 11.8 Å². The van der Waals surface area contributed by atoms with Crippen LogP contribution in [0.3, 0.4) is 0 Å². The third kappa shape index (κ3) is 5.13. The number of halogens is 3. The predicted molar refractivity (Wildman–Crippen MR) is 134 cm³/mol. The van der Waals surface area contributed by atoms with E-state index in [9.17, 15) is 14.2 Å². The predicted octanol–water partition coefficient (Wildman–Crippen LogP) is 4.20. The second-order valence-corrected chi connectivity index (χ2v) is 12.3. The third-order valence-electron chi connectivity index (χ3n) is 5.91. The zero-order chi connectivity index (χ0) is 26.2. The highest BCUT2D eigenvalue weighted by molar-refractivity contribution is 7.69. The van der Waals surface area contributed by atoms with E-state index < -0.39 is 42.6 Å². The molecule has 0 spiro atoms. The molecule has 4 rings (SSSR count). The van der Waals surface area contributed by atoms with Crippen LogP contribution in [0.5, 0.6) is 5.75 Å². The molecule has 1 aliphatic heterocycles. The first-order chi connectivity index (χ1) is 17.0. The van der Waals surface area contributed by atoms with Gasteiger partial charge in [-0.3, -0.25) is 14.5 Å². The summed E-state index contributed by atoms with van der Waals surface area (Å²) in [5.41, 5.74) is 0.166. The van der Waals surface area contributed by atoms with Gasteiger partial charge in [-0.15, -0.1) is 0 Å². The fourth-order valence-corrected chi connectivity index (χ4v) is 4.99. The van der Waals surface area contributed by atoms with Crippen LogP contribution in [-0.4, -0.2) is 49.8 Å². The number of benzene rings is 2. The van der Waals surface area contributed by atoms with Crippen molar-refractivity contribution >= 4 is 41.8 Å². The minimum Gasteiger partial charge on any atom is -0.497 e. The van der Waals surface area contributed by atoms with Crippen LogP contribution in [-0.2, 0) is 9.36 Å². The Labute approximate surface area is 211 Å². The van der Waals surface area contributed by atoms with Crippen molar-refractivity contribution in [3.63, 3.8) is 0 Å². The van der Waals surface area contributed by atoms with E-state index in [1.165, 1.54) is 42.3 Å². The maximum absolute atomic E-state index is 15.1. The number of aromatic nitrogens is 1. The molecule has 3 aromatic rings. The Bertz CT molecular complexity index is 1360. The molecule has 0 saturated carbocycles. The molecule has 188 valence electrons. The zero-order valence-electron chi connectivity index (χ0n) is 19.7. The second kappa shape index (κ2) is 9.99. The molecule has 1 fully saturated rings. The lowest BCUT2D eigenvalue weighted by Crippen LogP contribution is -2.44. The van der Waals surface area contributed by atoms with E-state index in [-0.39, 0.29) is 29.2 Å². The van der Waals surface area contributed by atoms with Crippen molar-refractivity contribution in [3.8, 4) is 5.75 Å². The quantitative estimate of drug-likeness (QED) is 0.480. The first-order valence-electron chi connectivity index (χ1n) is 10.9. The maximum atomic E-state index is 15.1. The molecule has 1 aliphatic rings. The molecule has 2 aromatic carbocycles. The number of hydrogen-bond acceptors (Lipinski definition) is 5. The summed E-state index contributed by atoms with van der Waals surface area (Å²) in [6, 6.07) is 11.5. The van der Waals surface area contributed by atoms with Crippen molar-refractivity contribution in [1.29, 1.82) is 0 Å². The van der Waals surface area contributed by atoms with Crippen LogP contribution < -0.4 is 20.4 Å². The van der Waals surface area contributed by atoms with Crippen LogP contribution in [0.25, 0.3) is 0 Å². The van der Waals surface area contributed by atoms with Gasteiger partial charge in [0.1, 0.15) is 41.8 Å². The highest BCUT2D eigenvalue weighted by atomic mass is 35.5. The van der Waals surface area contributed by atoms with Gasteiger partial charge in [0, 0.05) is 40.7 Å². The zero-order valence-corrected chi connectivity index (χ0v) is 21.3. The number of methoxy groups -OCH3 is 1. The van der Waals surface area contributed by atoms with Crippen LogP contribution in [0, 0.1) is 11.6 Å². The Hall–Kier alpha value is -3.29. The van der Waals surface area contributed by atoms with Gasteiger partial charge in [-0.25, -0.2) is 13.8 Å². The number of pyridine rings is 1. The Morgan fingerprint density at radius 3 is 2.36 bits per heavy atom. The highest BCUT2D eigenvalue weighted by Crippen LogP contribution is 2.38. The van der Waals surface area contributed by atoms with Crippen LogP contribution in [0.4, 0.5) is 14.6 Å². The van der Waals surface area contributed by atoms with E-state index in [1.807, 2.05) is 0 Å². The molecule has 1 N–H and O–H groups in total. The summed E-state index contributed by atoms with van der Waals surface area (Å²) in [6.07, 6.45) is 0. The number of anilines is 1. The van der Waals surface area contributed by atoms with Crippen LogP contribution in [0.15, 0.2) is 54.6 Å². The second-order valence-electron chi connectivity index (χ2n) is 8.72. The average molecular weight is 534 g/mol. The number of carbonyl (C=O) groups excluding carboxylic acids is 2. The summed E-state index contributed by atoms with van der Waals surface area (Å²) in [7, 11) is -1.47. The molecule has 1 aromatic heterocycles. The Morgan fingerprint density at radius 1 is 1.14 bits per heavy atom. The van der Waals surface area contributed by atoms with E-state index in [1.54, 1.807) is 25.5 Å². The van der Waals surface area contributed by atoms with E-state index in [2.05, 4.69) is 10.3 Å².